The highest BCUT2D eigenvalue weighted by atomic mass is 16.4. The highest BCUT2D eigenvalue weighted by Gasteiger charge is 2.41. The molecule has 5 N–H and O–H groups in total. The summed E-state index contributed by atoms with van der Waals surface area (Å²) in [6, 6.07) is 7.32. The Morgan fingerprint density at radius 3 is 2.77 bits per heavy atom. The van der Waals surface area contributed by atoms with Crippen LogP contribution < -0.4 is 11.5 Å². The largest absolute Gasteiger partial charge is 0.480 e. The van der Waals surface area contributed by atoms with Crippen molar-refractivity contribution in [2.75, 3.05) is 13.1 Å². The number of aromatic nitrogens is 1. The Labute approximate surface area is 152 Å². The summed E-state index contributed by atoms with van der Waals surface area (Å²) < 4.78 is 2.14. The Morgan fingerprint density at radius 1 is 1.35 bits per heavy atom. The lowest BCUT2D eigenvalue weighted by Crippen LogP contribution is -2.62. The summed E-state index contributed by atoms with van der Waals surface area (Å²) >= 11 is 0. The van der Waals surface area contributed by atoms with Gasteiger partial charge in [0.2, 0.25) is 5.91 Å². The molecule has 0 unspecified atom stereocenters. The maximum Gasteiger partial charge on any atom is 0.325 e. The van der Waals surface area contributed by atoms with Gasteiger partial charge in [0, 0.05) is 36.7 Å². The highest BCUT2D eigenvalue weighted by Crippen LogP contribution is 2.24. The molecule has 0 bridgehead atoms. The number of benzene rings is 1. The smallest absolute Gasteiger partial charge is 0.325 e. The van der Waals surface area contributed by atoms with E-state index < -0.39 is 17.6 Å². The summed E-state index contributed by atoms with van der Waals surface area (Å²) in [6.45, 7) is 3.41. The molecule has 7 nitrogen and oxygen atoms in total. The van der Waals surface area contributed by atoms with Crippen LogP contribution in [0.3, 0.4) is 0 Å². The van der Waals surface area contributed by atoms with E-state index in [2.05, 4.69) is 17.6 Å². The fraction of sp³-hybridized carbons (Fsp3) is 0.474. The standard InChI is InChI=1S/C19H26N4O3/c1-2-22-11-13(14-6-3-4-7-16(14)22)10-15(20)17(24)23-9-5-8-19(21,12-23)18(25)26/h3-4,6-7,11,15H,2,5,8-10,12,20-21H2,1H3,(H,25,26)/t15-,19-/m1/s1. The predicted molar refractivity (Wildman–Crippen MR) is 99.7 cm³/mol. The Kier molecular flexibility index (Phi) is 5.02. The second kappa shape index (κ2) is 7.09. The monoisotopic (exact) mass is 358 g/mol. The molecule has 1 aliphatic heterocycles. The van der Waals surface area contributed by atoms with Crippen LogP contribution in [0.4, 0.5) is 0 Å². The van der Waals surface area contributed by atoms with E-state index in [1.54, 1.807) is 0 Å². The maximum absolute atomic E-state index is 12.8. The van der Waals surface area contributed by atoms with Crippen molar-refractivity contribution in [3.8, 4) is 0 Å². The molecular weight excluding hydrogens is 332 g/mol. The van der Waals surface area contributed by atoms with Crippen molar-refractivity contribution < 1.29 is 14.7 Å². The predicted octanol–water partition coefficient (Wildman–Crippen LogP) is 0.936. The van der Waals surface area contributed by atoms with Crippen LogP contribution in [-0.2, 0) is 22.6 Å². The molecule has 0 aliphatic carbocycles. The lowest BCUT2D eigenvalue weighted by molar-refractivity contribution is -0.148. The van der Waals surface area contributed by atoms with E-state index in [1.807, 2.05) is 24.4 Å². The number of nitrogens with zero attached hydrogens (tertiary/aromatic N) is 2. The number of hydrogen-bond acceptors (Lipinski definition) is 4. The van der Waals surface area contributed by atoms with Crippen molar-refractivity contribution in [1.29, 1.82) is 0 Å². The average Bonchev–Trinajstić information content (AvgIpc) is 2.99. The lowest BCUT2D eigenvalue weighted by atomic mass is 9.89. The van der Waals surface area contributed by atoms with Crippen LogP contribution in [0.25, 0.3) is 10.9 Å². The van der Waals surface area contributed by atoms with Gasteiger partial charge in [-0.15, -0.1) is 0 Å². The van der Waals surface area contributed by atoms with Crippen LogP contribution >= 0.6 is 0 Å². The van der Waals surface area contributed by atoms with Gasteiger partial charge in [0.05, 0.1) is 6.04 Å². The number of fused-ring (bicyclic) bond motifs is 1. The van der Waals surface area contributed by atoms with Crippen LogP contribution in [0, 0.1) is 0 Å². The molecule has 1 amide bonds. The van der Waals surface area contributed by atoms with Gasteiger partial charge in [0.15, 0.2) is 0 Å². The first-order valence-corrected chi connectivity index (χ1v) is 8.99. The van der Waals surface area contributed by atoms with Crippen molar-refractivity contribution in [2.24, 2.45) is 11.5 Å². The third-order valence-electron chi connectivity index (χ3n) is 5.23. The quantitative estimate of drug-likeness (QED) is 0.736. The first-order valence-electron chi connectivity index (χ1n) is 8.99. The van der Waals surface area contributed by atoms with Gasteiger partial charge < -0.3 is 26.0 Å². The summed E-state index contributed by atoms with van der Waals surface area (Å²) in [4.78, 5) is 25.7. The molecule has 140 valence electrons. The lowest BCUT2D eigenvalue weighted by Gasteiger charge is -2.38. The van der Waals surface area contributed by atoms with Gasteiger partial charge in [0.25, 0.3) is 0 Å². The zero-order valence-corrected chi connectivity index (χ0v) is 15.0. The third-order valence-corrected chi connectivity index (χ3v) is 5.23. The summed E-state index contributed by atoms with van der Waals surface area (Å²) in [5, 5.41) is 10.4. The van der Waals surface area contributed by atoms with Gasteiger partial charge in [0.1, 0.15) is 5.54 Å². The number of amides is 1. The van der Waals surface area contributed by atoms with Crippen molar-refractivity contribution in [3.63, 3.8) is 0 Å². The number of carbonyl (C=O) groups excluding carboxylic acids is 1. The topological polar surface area (TPSA) is 115 Å². The van der Waals surface area contributed by atoms with E-state index in [1.165, 1.54) is 4.90 Å². The Hall–Kier alpha value is -2.38. The molecule has 1 saturated heterocycles. The summed E-state index contributed by atoms with van der Waals surface area (Å²) in [5.41, 5.74) is 12.9. The number of para-hydroxylation sites is 1. The van der Waals surface area contributed by atoms with Gasteiger partial charge in [-0.2, -0.15) is 0 Å². The molecule has 26 heavy (non-hydrogen) atoms. The van der Waals surface area contributed by atoms with Gasteiger partial charge in [-0.25, -0.2) is 0 Å². The van der Waals surface area contributed by atoms with Crippen LogP contribution in [0.1, 0.15) is 25.3 Å². The fourth-order valence-corrected chi connectivity index (χ4v) is 3.75. The van der Waals surface area contributed by atoms with Gasteiger partial charge in [-0.1, -0.05) is 18.2 Å². The van der Waals surface area contributed by atoms with Crippen molar-refractivity contribution >= 4 is 22.8 Å². The second-order valence-corrected chi connectivity index (χ2v) is 7.09. The van der Waals surface area contributed by atoms with Crippen LogP contribution in [0.2, 0.25) is 0 Å². The average molecular weight is 358 g/mol. The molecule has 2 heterocycles. The molecule has 0 saturated carbocycles. The number of rotatable bonds is 5. The van der Waals surface area contributed by atoms with Gasteiger partial charge in [-0.05, 0) is 37.8 Å². The number of carboxylic acid groups (broad SMARTS) is 1. The van der Waals surface area contributed by atoms with Crippen LogP contribution in [-0.4, -0.2) is 51.1 Å². The minimum Gasteiger partial charge on any atom is -0.480 e. The van der Waals surface area contributed by atoms with E-state index >= 15 is 0 Å². The van der Waals surface area contributed by atoms with E-state index in [9.17, 15) is 14.7 Å². The molecule has 0 spiro atoms. The van der Waals surface area contributed by atoms with Crippen LogP contribution in [0.5, 0.6) is 0 Å². The number of aliphatic carboxylic acids is 1. The molecule has 1 aliphatic rings. The number of aryl methyl sites for hydroxylation is 1. The Balaban J connectivity index is 1.77. The van der Waals surface area contributed by atoms with E-state index in [0.29, 0.717) is 25.8 Å². The number of nitrogens with two attached hydrogens (primary N) is 2. The SMILES string of the molecule is CCn1cc(C[C@@H](N)C(=O)N2CCC[C@](N)(C(=O)O)C2)c2ccccc21. The normalized spacial score (nSPS) is 21.7. The number of carboxylic acids is 1. The maximum atomic E-state index is 12.8. The molecule has 3 rings (SSSR count). The van der Waals surface area contributed by atoms with Gasteiger partial charge in [-0.3, -0.25) is 9.59 Å². The third kappa shape index (κ3) is 3.32. The molecular formula is C19H26N4O3. The number of carbonyl (C=O) groups is 2. The number of hydrogen-bond donors (Lipinski definition) is 3. The molecule has 7 heteroatoms. The molecule has 2 atom stereocenters. The molecule has 1 aromatic heterocycles. The Bertz CT molecular complexity index is 831. The second-order valence-electron chi connectivity index (χ2n) is 7.09. The minimum atomic E-state index is -1.38. The molecule has 0 radical (unpaired) electrons. The van der Waals surface area contributed by atoms with Crippen molar-refractivity contribution in [2.45, 2.75) is 44.3 Å². The number of likely N-dealkylation sites (tertiary alicyclic amines) is 1. The first kappa shape index (κ1) is 18.4. The first-order chi connectivity index (χ1) is 12.4. The van der Waals surface area contributed by atoms with Crippen molar-refractivity contribution in [1.82, 2.24) is 9.47 Å². The van der Waals surface area contributed by atoms with E-state index in [-0.39, 0.29) is 12.5 Å². The molecule has 1 aromatic carbocycles. The summed E-state index contributed by atoms with van der Waals surface area (Å²) in [5.74, 6) is -1.32. The minimum absolute atomic E-state index is 0.00554. The zero-order chi connectivity index (χ0) is 18.9. The van der Waals surface area contributed by atoms with Crippen LogP contribution in [0.15, 0.2) is 30.5 Å². The molecule has 1 fully saturated rings. The van der Waals surface area contributed by atoms with Gasteiger partial charge >= 0.3 is 5.97 Å². The summed E-state index contributed by atoms with van der Waals surface area (Å²) in [7, 11) is 0. The van der Waals surface area contributed by atoms with E-state index in [4.69, 9.17) is 11.5 Å². The Morgan fingerprint density at radius 2 is 2.08 bits per heavy atom. The molecule has 2 aromatic rings. The summed E-state index contributed by atoms with van der Waals surface area (Å²) in [6.07, 6.45) is 3.38. The fourth-order valence-electron chi connectivity index (χ4n) is 3.75. The zero-order valence-electron chi connectivity index (χ0n) is 15.0. The van der Waals surface area contributed by atoms with Crippen molar-refractivity contribution in [3.05, 3.63) is 36.0 Å². The number of piperidine rings is 1. The highest BCUT2D eigenvalue weighted by molar-refractivity contribution is 5.87. The van der Waals surface area contributed by atoms with E-state index in [0.717, 1.165) is 23.0 Å².